The smallest absolute Gasteiger partial charge is 0.236 e. The molecule has 0 atom stereocenters. The van der Waals surface area contributed by atoms with E-state index in [1.807, 2.05) is 11.8 Å². The number of rotatable bonds is 8. The SMILES string of the molecule is CCCCN(CC(N)=O)c1nc(C2CC2)nc(NN)c1C. The van der Waals surface area contributed by atoms with Gasteiger partial charge in [0.05, 0.1) is 6.54 Å². The number of hydrogen-bond acceptors (Lipinski definition) is 6. The fourth-order valence-electron chi connectivity index (χ4n) is 2.29. The summed E-state index contributed by atoms with van der Waals surface area (Å²) in [6.45, 7) is 4.91. The van der Waals surface area contributed by atoms with Gasteiger partial charge >= 0.3 is 0 Å². The highest BCUT2D eigenvalue weighted by molar-refractivity contribution is 5.79. The van der Waals surface area contributed by atoms with Crippen LogP contribution in [-0.2, 0) is 4.79 Å². The van der Waals surface area contributed by atoms with Crippen LogP contribution in [0.1, 0.15) is 49.9 Å². The molecule has 0 aliphatic heterocycles. The van der Waals surface area contributed by atoms with Crippen molar-refractivity contribution in [2.45, 2.75) is 45.4 Å². The van der Waals surface area contributed by atoms with Crippen molar-refractivity contribution < 1.29 is 4.79 Å². The molecule has 21 heavy (non-hydrogen) atoms. The lowest BCUT2D eigenvalue weighted by Gasteiger charge is -2.25. The van der Waals surface area contributed by atoms with Gasteiger partial charge < -0.3 is 16.1 Å². The molecule has 1 amide bonds. The van der Waals surface area contributed by atoms with Gasteiger partial charge in [-0.15, -0.1) is 0 Å². The number of nitrogens with one attached hydrogen (secondary N) is 1. The molecule has 1 aliphatic carbocycles. The zero-order valence-electron chi connectivity index (χ0n) is 12.7. The third-order valence-electron chi connectivity index (χ3n) is 3.64. The van der Waals surface area contributed by atoms with Crippen LogP contribution in [0.4, 0.5) is 11.6 Å². The van der Waals surface area contributed by atoms with E-state index in [-0.39, 0.29) is 12.5 Å². The third kappa shape index (κ3) is 3.81. The second kappa shape index (κ2) is 6.71. The van der Waals surface area contributed by atoms with Crippen LogP contribution in [0.2, 0.25) is 0 Å². The van der Waals surface area contributed by atoms with Gasteiger partial charge in [0, 0.05) is 18.0 Å². The maximum absolute atomic E-state index is 11.3. The normalized spacial score (nSPS) is 14.0. The molecule has 0 aromatic carbocycles. The molecule has 1 saturated carbocycles. The van der Waals surface area contributed by atoms with Gasteiger partial charge in [0.2, 0.25) is 5.91 Å². The molecule has 0 radical (unpaired) electrons. The number of nitrogens with zero attached hydrogens (tertiary/aromatic N) is 3. The van der Waals surface area contributed by atoms with Crippen LogP contribution in [0.3, 0.4) is 0 Å². The number of carbonyl (C=O) groups is 1. The second-order valence-corrected chi connectivity index (χ2v) is 5.54. The first-order chi connectivity index (χ1) is 10.1. The Hall–Kier alpha value is -1.89. The Labute approximate surface area is 125 Å². The molecule has 0 unspecified atom stereocenters. The largest absolute Gasteiger partial charge is 0.368 e. The Bertz CT molecular complexity index is 514. The van der Waals surface area contributed by atoms with Gasteiger partial charge in [-0.3, -0.25) is 4.79 Å². The van der Waals surface area contributed by atoms with Gasteiger partial charge in [-0.05, 0) is 26.2 Å². The number of unbranched alkanes of at least 4 members (excludes halogenated alkanes) is 1. The van der Waals surface area contributed by atoms with E-state index in [1.165, 1.54) is 0 Å². The fourth-order valence-corrected chi connectivity index (χ4v) is 2.29. The summed E-state index contributed by atoms with van der Waals surface area (Å²) in [5, 5.41) is 0. The van der Waals surface area contributed by atoms with Crippen molar-refractivity contribution in [1.29, 1.82) is 0 Å². The quantitative estimate of drug-likeness (QED) is 0.488. The molecule has 5 N–H and O–H groups in total. The number of nitrogens with two attached hydrogens (primary N) is 2. The highest BCUT2D eigenvalue weighted by atomic mass is 16.1. The van der Waals surface area contributed by atoms with E-state index in [2.05, 4.69) is 22.3 Å². The van der Waals surface area contributed by atoms with Crippen LogP contribution in [0.25, 0.3) is 0 Å². The molecule has 1 aromatic heterocycles. The van der Waals surface area contributed by atoms with Gasteiger partial charge in [-0.1, -0.05) is 13.3 Å². The number of hydrogen-bond donors (Lipinski definition) is 3. The predicted octanol–water partition coefficient (Wildman–Crippen LogP) is 1.04. The molecule has 7 nitrogen and oxygen atoms in total. The van der Waals surface area contributed by atoms with E-state index in [4.69, 9.17) is 11.6 Å². The first kappa shape index (κ1) is 15.5. The minimum atomic E-state index is -0.362. The van der Waals surface area contributed by atoms with Crippen LogP contribution in [0.5, 0.6) is 0 Å². The summed E-state index contributed by atoms with van der Waals surface area (Å²) in [7, 11) is 0. The molecule has 0 saturated heterocycles. The Morgan fingerprint density at radius 2 is 2.14 bits per heavy atom. The molecule has 0 spiro atoms. The minimum Gasteiger partial charge on any atom is -0.368 e. The molecule has 1 aromatic rings. The Balaban J connectivity index is 2.36. The third-order valence-corrected chi connectivity index (χ3v) is 3.64. The van der Waals surface area contributed by atoms with Crippen molar-refractivity contribution in [3.8, 4) is 0 Å². The van der Waals surface area contributed by atoms with E-state index >= 15 is 0 Å². The van der Waals surface area contributed by atoms with Crippen LogP contribution in [0.15, 0.2) is 0 Å². The fraction of sp³-hybridized carbons (Fsp3) is 0.643. The summed E-state index contributed by atoms with van der Waals surface area (Å²) in [5.41, 5.74) is 8.84. The standard InChI is InChI=1S/C14H24N6O/c1-3-4-7-20(8-11(15)21)14-9(2)12(19-16)17-13(18-14)10-5-6-10/h10H,3-8,16H2,1-2H3,(H2,15,21)(H,17,18,19). The Morgan fingerprint density at radius 3 is 2.67 bits per heavy atom. The summed E-state index contributed by atoms with van der Waals surface area (Å²) < 4.78 is 0. The summed E-state index contributed by atoms with van der Waals surface area (Å²) in [5.74, 6) is 7.79. The lowest BCUT2D eigenvalue weighted by Crippen LogP contribution is -2.36. The van der Waals surface area contributed by atoms with Crippen LogP contribution >= 0.6 is 0 Å². The molecule has 0 bridgehead atoms. The number of primary amides is 1. The van der Waals surface area contributed by atoms with Gasteiger partial charge in [-0.25, -0.2) is 15.8 Å². The molecular weight excluding hydrogens is 268 g/mol. The average Bonchev–Trinajstić information content (AvgIpc) is 3.28. The maximum Gasteiger partial charge on any atom is 0.236 e. The predicted molar refractivity (Wildman–Crippen MR) is 82.9 cm³/mol. The van der Waals surface area contributed by atoms with Crippen molar-refractivity contribution in [3.05, 3.63) is 11.4 Å². The Morgan fingerprint density at radius 1 is 1.43 bits per heavy atom. The minimum absolute atomic E-state index is 0.159. The molecule has 1 fully saturated rings. The summed E-state index contributed by atoms with van der Waals surface area (Å²) in [6, 6.07) is 0. The monoisotopic (exact) mass is 292 g/mol. The molecule has 7 heteroatoms. The topological polar surface area (TPSA) is 110 Å². The number of nitrogen functional groups attached to an aromatic ring is 1. The van der Waals surface area contributed by atoms with E-state index in [9.17, 15) is 4.79 Å². The van der Waals surface area contributed by atoms with Crippen LogP contribution in [0, 0.1) is 6.92 Å². The molecule has 1 heterocycles. The van der Waals surface area contributed by atoms with Gasteiger partial charge in [0.25, 0.3) is 0 Å². The lowest BCUT2D eigenvalue weighted by molar-refractivity contribution is -0.116. The molecular formula is C14H24N6O. The number of hydrazine groups is 1. The Kier molecular flexibility index (Phi) is 4.95. The maximum atomic E-state index is 11.3. The van der Waals surface area contributed by atoms with Gasteiger partial charge in [0.15, 0.2) is 0 Å². The highest BCUT2D eigenvalue weighted by Crippen LogP contribution is 2.40. The number of carbonyl (C=O) groups excluding carboxylic acids is 1. The highest BCUT2D eigenvalue weighted by Gasteiger charge is 2.29. The van der Waals surface area contributed by atoms with Crippen molar-refractivity contribution in [2.75, 3.05) is 23.4 Å². The average molecular weight is 292 g/mol. The van der Waals surface area contributed by atoms with E-state index in [1.54, 1.807) is 0 Å². The molecule has 116 valence electrons. The lowest BCUT2D eigenvalue weighted by atomic mass is 10.2. The zero-order valence-corrected chi connectivity index (χ0v) is 12.7. The van der Waals surface area contributed by atoms with Gasteiger partial charge in [0.1, 0.15) is 17.5 Å². The molecule has 2 rings (SSSR count). The van der Waals surface area contributed by atoms with Crippen molar-refractivity contribution in [3.63, 3.8) is 0 Å². The first-order valence-electron chi connectivity index (χ1n) is 7.45. The number of anilines is 2. The van der Waals surface area contributed by atoms with E-state index < -0.39 is 0 Å². The van der Waals surface area contributed by atoms with E-state index in [0.29, 0.717) is 11.7 Å². The second-order valence-electron chi connectivity index (χ2n) is 5.54. The number of aromatic nitrogens is 2. The number of amides is 1. The first-order valence-corrected chi connectivity index (χ1v) is 7.45. The summed E-state index contributed by atoms with van der Waals surface area (Å²) >= 11 is 0. The van der Waals surface area contributed by atoms with E-state index in [0.717, 1.165) is 49.4 Å². The van der Waals surface area contributed by atoms with Crippen LogP contribution < -0.4 is 21.9 Å². The zero-order chi connectivity index (χ0) is 15.4. The summed E-state index contributed by atoms with van der Waals surface area (Å²) in [4.78, 5) is 22.4. The van der Waals surface area contributed by atoms with Crippen molar-refractivity contribution >= 4 is 17.5 Å². The summed E-state index contributed by atoms with van der Waals surface area (Å²) in [6.07, 6.45) is 4.23. The molecule has 1 aliphatic rings. The van der Waals surface area contributed by atoms with Crippen molar-refractivity contribution in [2.24, 2.45) is 11.6 Å². The van der Waals surface area contributed by atoms with Crippen molar-refractivity contribution in [1.82, 2.24) is 9.97 Å². The van der Waals surface area contributed by atoms with Crippen LogP contribution in [-0.4, -0.2) is 29.0 Å². The van der Waals surface area contributed by atoms with Gasteiger partial charge in [-0.2, -0.15) is 0 Å².